The molecule has 0 spiro atoms. The summed E-state index contributed by atoms with van der Waals surface area (Å²) in [4.78, 5) is 13.8. The van der Waals surface area contributed by atoms with Gasteiger partial charge in [-0.25, -0.2) is 21.6 Å². The van der Waals surface area contributed by atoms with Crippen LogP contribution in [0.2, 0.25) is 0 Å². The van der Waals surface area contributed by atoms with Crippen molar-refractivity contribution < 1.29 is 21.6 Å². The largest absolute Gasteiger partial charge is 0.326 e. The molecule has 2 N–H and O–H groups in total. The molecule has 1 amide bonds. The van der Waals surface area contributed by atoms with Crippen LogP contribution in [0.5, 0.6) is 0 Å². The molecule has 1 saturated heterocycles. The van der Waals surface area contributed by atoms with E-state index in [2.05, 4.69) is 10.0 Å². The molecule has 0 saturated carbocycles. The molecule has 2 heterocycles. The first kappa shape index (κ1) is 22.9. The summed E-state index contributed by atoms with van der Waals surface area (Å²) < 4.78 is 54.0. The smallest absolute Gasteiger partial charge is 0.252 e. The summed E-state index contributed by atoms with van der Waals surface area (Å²) in [6.07, 6.45) is 1.14. The van der Waals surface area contributed by atoms with Crippen LogP contribution in [0, 0.1) is 19.8 Å². The van der Waals surface area contributed by atoms with Gasteiger partial charge < -0.3 is 5.32 Å². The zero-order chi connectivity index (χ0) is 22.1. The standard InChI is InChI=1S/C19H25N3O5S3/c1-13-6-8-16(11-17(13)29(24,25)20-3)21-19(23)15-5-4-10-22(12-15)30(26,27)18-9-7-14(2)28-18/h6-9,11,15,20H,4-5,10,12H2,1-3H3,(H,21,23). The molecule has 3 rings (SSSR count). The number of amides is 1. The summed E-state index contributed by atoms with van der Waals surface area (Å²) in [7, 11) is -5.96. The maximum absolute atomic E-state index is 12.9. The van der Waals surface area contributed by atoms with Gasteiger partial charge >= 0.3 is 0 Å². The van der Waals surface area contributed by atoms with Crippen molar-refractivity contribution in [3.05, 3.63) is 40.8 Å². The van der Waals surface area contributed by atoms with Crippen molar-refractivity contribution in [3.63, 3.8) is 0 Å². The summed E-state index contributed by atoms with van der Waals surface area (Å²) in [6, 6.07) is 8.02. The first-order valence-electron chi connectivity index (χ1n) is 9.46. The monoisotopic (exact) mass is 471 g/mol. The summed E-state index contributed by atoms with van der Waals surface area (Å²) in [5, 5.41) is 2.74. The number of nitrogens with zero attached hydrogens (tertiary/aromatic N) is 1. The number of anilines is 1. The topological polar surface area (TPSA) is 113 Å². The van der Waals surface area contributed by atoms with E-state index in [4.69, 9.17) is 0 Å². The van der Waals surface area contributed by atoms with E-state index in [0.29, 0.717) is 30.6 Å². The van der Waals surface area contributed by atoms with Crippen LogP contribution in [-0.4, -0.2) is 47.2 Å². The summed E-state index contributed by atoms with van der Waals surface area (Å²) >= 11 is 1.21. The molecular weight excluding hydrogens is 446 g/mol. The van der Waals surface area contributed by atoms with Crippen molar-refractivity contribution in [3.8, 4) is 0 Å². The SMILES string of the molecule is CNS(=O)(=O)c1cc(NC(=O)C2CCCN(S(=O)(=O)c3ccc(C)s3)C2)ccc1C. The van der Waals surface area contributed by atoms with E-state index in [1.165, 1.54) is 28.8 Å². The lowest BCUT2D eigenvalue weighted by atomic mass is 9.98. The molecule has 11 heteroatoms. The van der Waals surface area contributed by atoms with E-state index in [9.17, 15) is 21.6 Å². The molecule has 1 aliphatic rings. The van der Waals surface area contributed by atoms with Crippen LogP contribution < -0.4 is 10.0 Å². The number of thiophene rings is 1. The third-order valence-corrected chi connectivity index (χ3v) is 9.97. The molecule has 1 unspecified atom stereocenters. The Bertz CT molecular complexity index is 1160. The molecule has 1 atom stereocenters. The van der Waals surface area contributed by atoms with E-state index < -0.39 is 26.0 Å². The first-order chi connectivity index (χ1) is 14.0. The highest BCUT2D eigenvalue weighted by Crippen LogP contribution is 2.29. The van der Waals surface area contributed by atoms with Gasteiger partial charge in [0.2, 0.25) is 15.9 Å². The summed E-state index contributed by atoms with van der Waals surface area (Å²) in [5.41, 5.74) is 0.914. The molecule has 1 aliphatic heterocycles. The maximum atomic E-state index is 12.9. The molecule has 0 aliphatic carbocycles. The Morgan fingerprint density at radius 3 is 2.50 bits per heavy atom. The minimum Gasteiger partial charge on any atom is -0.326 e. The highest BCUT2D eigenvalue weighted by atomic mass is 32.2. The number of benzene rings is 1. The fourth-order valence-corrected chi connectivity index (χ4v) is 7.33. The van der Waals surface area contributed by atoms with Crippen molar-refractivity contribution in [2.24, 2.45) is 5.92 Å². The van der Waals surface area contributed by atoms with E-state index in [0.717, 1.165) is 4.88 Å². The minimum absolute atomic E-state index is 0.0868. The van der Waals surface area contributed by atoms with E-state index in [-0.39, 0.29) is 21.6 Å². The molecule has 1 aromatic heterocycles. The van der Waals surface area contributed by atoms with E-state index in [1.54, 1.807) is 31.2 Å². The van der Waals surface area contributed by atoms with Crippen molar-refractivity contribution in [1.82, 2.24) is 9.03 Å². The van der Waals surface area contributed by atoms with Crippen LogP contribution in [-0.2, 0) is 24.8 Å². The third kappa shape index (κ3) is 4.75. The molecule has 1 aromatic carbocycles. The van der Waals surface area contributed by atoms with Crippen LogP contribution in [0.15, 0.2) is 39.4 Å². The van der Waals surface area contributed by atoms with Crippen LogP contribution in [0.4, 0.5) is 5.69 Å². The predicted octanol–water partition coefficient (Wildman–Crippen LogP) is 2.31. The second-order valence-corrected chi connectivity index (χ2v) is 12.6. The van der Waals surface area contributed by atoms with Crippen molar-refractivity contribution in [1.29, 1.82) is 0 Å². The highest BCUT2D eigenvalue weighted by Gasteiger charge is 2.34. The van der Waals surface area contributed by atoms with Crippen LogP contribution in [0.1, 0.15) is 23.3 Å². The van der Waals surface area contributed by atoms with Gasteiger partial charge in [0, 0.05) is 23.7 Å². The van der Waals surface area contributed by atoms with Gasteiger partial charge in [-0.05, 0) is 63.6 Å². The van der Waals surface area contributed by atoms with Crippen LogP contribution in [0.3, 0.4) is 0 Å². The predicted molar refractivity (Wildman–Crippen MR) is 117 cm³/mol. The Hall–Kier alpha value is -1.79. The summed E-state index contributed by atoms with van der Waals surface area (Å²) in [6.45, 7) is 3.99. The Morgan fingerprint density at radius 2 is 1.87 bits per heavy atom. The second-order valence-electron chi connectivity index (χ2n) is 7.24. The normalized spacial score (nSPS) is 18.3. The number of rotatable bonds is 6. The Morgan fingerprint density at radius 1 is 1.13 bits per heavy atom. The van der Waals surface area contributed by atoms with Gasteiger partial charge in [-0.2, -0.15) is 4.31 Å². The maximum Gasteiger partial charge on any atom is 0.252 e. The fraction of sp³-hybridized carbons (Fsp3) is 0.421. The molecule has 8 nitrogen and oxygen atoms in total. The number of aryl methyl sites for hydroxylation is 2. The Labute approximate surface area is 181 Å². The van der Waals surface area contributed by atoms with Crippen molar-refractivity contribution in [2.45, 2.75) is 35.8 Å². The van der Waals surface area contributed by atoms with Gasteiger partial charge in [0.05, 0.1) is 10.8 Å². The molecule has 1 fully saturated rings. The molecular formula is C19H25N3O5S3. The molecule has 30 heavy (non-hydrogen) atoms. The second kappa shape index (κ2) is 8.75. The average Bonchev–Trinajstić information content (AvgIpc) is 3.16. The first-order valence-corrected chi connectivity index (χ1v) is 13.2. The zero-order valence-corrected chi connectivity index (χ0v) is 19.5. The van der Waals surface area contributed by atoms with Crippen molar-refractivity contribution in [2.75, 3.05) is 25.5 Å². The van der Waals surface area contributed by atoms with Gasteiger partial charge in [-0.1, -0.05) is 6.07 Å². The number of sulfonamides is 2. The number of piperidine rings is 1. The number of nitrogens with one attached hydrogen (secondary N) is 2. The quantitative estimate of drug-likeness (QED) is 0.671. The molecule has 164 valence electrons. The minimum atomic E-state index is -3.66. The van der Waals surface area contributed by atoms with Gasteiger partial charge in [-0.3, -0.25) is 4.79 Å². The third-order valence-electron chi connectivity index (χ3n) is 5.08. The van der Waals surface area contributed by atoms with E-state index >= 15 is 0 Å². The lowest BCUT2D eigenvalue weighted by molar-refractivity contribution is -0.120. The number of carbonyl (C=O) groups excluding carboxylic acids is 1. The lowest BCUT2D eigenvalue weighted by Gasteiger charge is -2.30. The van der Waals surface area contributed by atoms with Gasteiger partial charge in [-0.15, -0.1) is 11.3 Å². The van der Waals surface area contributed by atoms with Crippen molar-refractivity contribution >= 4 is 43.0 Å². The number of hydrogen-bond donors (Lipinski definition) is 2. The van der Waals surface area contributed by atoms with Gasteiger partial charge in [0.1, 0.15) is 4.21 Å². The fourth-order valence-electron chi connectivity index (χ4n) is 3.37. The number of carbonyl (C=O) groups is 1. The molecule has 0 radical (unpaired) electrons. The van der Waals surface area contributed by atoms with Crippen LogP contribution >= 0.6 is 11.3 Å². The lowest BCUT2D eigenvalue weighted by Crippen LogP contribution is -2.43. The van der Waals surface area contributed by atoms with Crippen LogP contribution in [0.25, 0.3) is 0 Å². The molecule has 0 bridgehead atoms. The Kier molecular flexibility index (Phi) is 6.68. The average molecular weight is 472 g/mol. The zero-order valence-electron chi connectivity index (χ0n) is 17.0. The van der Waals surface area contributed by atoms with E-state index in [1.807, 2.05) is 6.92 Å². The van der Waals surface area contributed by atoms with Gasteiger partial charge in [0.15, 0.2) is 0 Å². The number of hydrogen-bond acceptors (Lipinski definition) is 6. The Balaban J connectivity index is 1.76. The molecule has 2 aromatic rings. The highest BCUT2D eigenvalue weighted by molar-refractivity contribution is 7.91. The summed E-state index contributed by atoms with van der Waals surface area (Å²) in [5.74, 6) is -0.839. The van der Waals surface area contributed by atoms with Gasteiger partial charge in [0.25, 0.3) is 10.0 Å².